The number of aryl methyl sites for hydroxylation is 1. The van der Waals surface area contributed by atoms with E-state index in [1.54, 1.807) is 17.0 Å². The molecule has 0 spiro atoms. The van der Waals surface area contributed by atoms with Crippen molar-refractivity contribution in [2.75, 3.05) is 13.7 Å². The second-order valence-electron chi connectivity index (χ2n) is 7.49. The van der Waals surface area contributed by atoms with E-state index >= 15 is 0 Å². The summed E-state index contributed by atoms with van der Waals surface area (Å²) in [5, 5.41) is 9.55. The summed E-state index contributed by atoms with van der Waals surface area (Å²) in [6.45, 7) is 5.60. The minimum Gasteiger partial charge on any atom is -0.493 e. The molecule has 33 heavy (non-hydrogen) atoms. The van der Waals surface area contributed by atoms with Gasteiger partial charge >= 0.3 is 5.97 Å². The summed E-state index contributed by atoms with van der Waals surface area (Å²) < 4.78 is 11.5. The number of hydrogen-bond acceptors (Lipinski definition) is 6. The number of carbonyl (C=O) groups is 2. The number of ether oxygens (including phenoxy) is 2. The molecule has 1 fully saturated rings. The van der Waals surface area contributed by atoms with Crippen LogP contribution < -0.4 is 9.47 Å². The van der Waals surface area contributed by atoms with Crippen LogP contribution in [0.5, 0.6) is 11.5 Å². The number of carboxylic acids is 1. The fourth-order valence-electron chi connectivity index (χ4n) is 3.11. The molecule has 2 aromatic rings. The van der Waals surface area contributed by atoms with Crippen LogP contribution in [0.1, 0.15) is 31.4 Å². The Bertz CT molecular complexity index is 1110. The number of methoxy groups -OCH3 is 1. The molecule has 1 atom stereocenters. The number of aliphatic carboxylic acids is 1. The molecule has 1 N–H and O–H groups in total. The van der Waals surface area contributed by atoms with Gasteiger partial charge in [-0.3, -0.25) is 9.69 Å². The number of aliphatic imine (C=N–C) groups is 1. The van der Waals surface area contributed by atoms with Gasteiger partial charge in [0.1, 0.15) is 0 Å². The Morgan fingerprint density at radius 1 is 1.30 bits per heavy atom. The molecule has 2 aromatic carbocycles. The summed E-state index contributed by atoms with van der Waals surface area (Å²) in [5.41, 5.74) is 2.69. The standard InChI is InChI=1S/C24H25IN2O5S/c1-5-15(3)27-23(30)20(33-24(27)26-17-8-6-14(2)7-9-17)12-16-10-18(25)22(19(11-16)31-4)32-13-21(28)29/h6-12,15H,5,13H2,1-4H3,(H,28,29)/b20-12+,26-24?/t15-/m0/s1. The molecule has 3 rings (SSSR count). The van der Waals surface area contributed by atoms with Crippen LogP contribution in [0.15, 0.2) is 46.3 Å². The van der Waals surface area contributed by atoms with E-state index in [1.807, 2.05) is 51.1 Å². The van der Waals surface area contributed by atoms with Gasteiger partial charge in [-0.05, 0) is 90.5 Å². The van der Waals surface area contributed by atoms with Crippen LogP contribution in [0.4, 0.5) is 5.69 Å². The van der Waals surface area contributed by atoms with Crippen LogP contribution in [-0.4, -0.2) is 46.8 Å². The summed E-state index contributed by atoms with van der Waals surface area (Å²) in [6, 6.07) is 11.4. The first-order valence-electron chi connectivity index (χ1n) is 10.3. The molecule has 0 bridgehead atoms. The van der Waals surface area contributed by atoms with Gasteiger partial charge in [0.2, 0.25) is 0 Å². The number of hydrogen-bond donors (Lipinski definition) is 1. The Kier molecular flexibility index (Phi) is 8.41. The molecule has 0 saturated carbocycles. The second kappa shape index (κ2) is 11.1. The van der Waals surface area contributed by atoms with Crippen LogP contribution in [-0.2, 0) is 9.59 Å². The molecular formula is C24H25IN2O5S. The lowest BCUT2D eigenvalue weighted by molar-refractivity contribution is -0.139. The predicted molar refractivity (Wildman–Crippen MR) is 139 cm³/mol. The molecule has 7 nitrogen and oxygen atoms in total. The lowest BCUT2D eigenvalue weighted by Gasteiger charge is -2.22. The van der Waals surface area contributed by atoms with Crippen LogP contribution in [0.25, 0.3) is 6.08 Å². The number of amides is 1. The number of thioether (sulfide) groups is 1. The first-order valence-corrected chi connectivity index (χ1v) is 12.2. The molecule has 0 unspecified atom stereocenters. The summed E-state index contributed by atoms with van der Waals surface area (Å²) in [6.07, 6.45) is 2.60. The van der Waals surface area contributed by atoms with Crippen LogP contribution >= 0.6 is 34.4 Å². The van der Waals surface area contributed by atoms with Crippen LogP contribution in [0.2, 0.25) is 0 Å². The Hall–Kier alpha value is -2.53. The van der Waals surface area contributed by atoms with Gasteiger partial charge in [-0.15, -0.1) is 0 Å². The molecule has 174 valence electrons. The number of halogens is 1. The smallest absolute Gasteiger partial charge is 0.341 e. The van der Waals surface area contributed by atoms with E-state index in [0.717, 1.165) is 23.2 Å². The zero-order valence-corrected chi connectivity index (χ0v) is 21.8. The van der Waals surface area contributed by atoms with Gasteiger partial charge in [-0.2, -0.15) is 0 Å². The van der Waals surface area contributed by atoms with Crippen molar-refractivity contribution >= 4 is 63.2 Å². The quantitative estimate of drug-likeness (QED) is 0.329. The molecule has 1 aliphatic heterocycles. The fourth-order valence-corrected chi connectivity index (χ4v) is 4.98. The van der Waals surface area contributed by atoms with Gasteiger partial charge in [0.05, 0.1) is 21.3 Å². The van der Waals surface area contributed by atoms with E-state index < -0.39 is 12.6 Å². The highest BCUT2D eigenvalue weighted by molar-refractivity contribution is 14.1. The third-order valence-corrected chi connectivity index (χ3v) is 6.80. The molecule has 1 saturated heterocycles. The number of rotatable bonds is 8. The average molecular weight is 580 g/mol. The highest BCUT2D eigenvalue weighted by Gasteiger charge is 2.36. The maximum absolute atomic E-state index is 13.3. The zero-order valence-electron chi connectivity index (χ0n) is 18.8. The lowest BCUT2D eigenvalue weighted by atomic mass is 10.1. The average Bonchev–Trinajstić information content (AvgIpc) is 3.08. The Balaban J connectivity index is 1.97. The number of carboxylic acid groups (broad SMARTS) is 1. The molecule has 0 aliphatic carbocycles. The zero-order chi connectivity index (χ0) is 24.1. The van der Waals surface area contributed by atoms with Crippen LogP contribution in [0, 0.1) is 10.5 Å². The van der Waals surface area contributed by atoms with Gasteiger partial charge in [0.15, 0.2) is 23.3 Å². The normalized spacial score (nSPS) is 17.0. The maximum atomic E-state index is 13.3. The molecule has 1 aliphatic rings. The lowest BCUT2D eigenvalue weighted by Crippen LogP contribution is -2.36. The second-order valence-corrected chi connectivity index (χ2v) is 9.66. The van der Waals surface area contributed by atoms with Crippen molar-refractivity contribution in [2.24, 2.45) is 4.99 Å². The van der Waals surface area contributed by atoms with Crippen molar-refractivity contribution in [2.45, 2.75) is 33.2 Å². The van der Waals surface area contributed by atoms with Gasteiger partial charge < -0.3 is 14.6 Å². The van der Waals surface area contributed by atoms with Gasteiger partial charge in [0.25, 0.3) is 5.91 Å². The summed E-state index contributed by atoms with van der Waals surface area (Å²) in [7, 11) is 1.49. The van der Waals surface area contributed by atoms with Crippen molar-refractivity contribution in [1.82, 2.24) is 4.90 Å². The molecule has 0 aromatic heterocycles. The van der Waals surface area contributed by atoms with E-state index in [0.29, 0.717) is 25.1 Å². The monoisotopic (exact) mass is 580 g/mol. The van der Waals surface area contributed by atoms with Crippen molar-refractivity contribution in [3.8, 4) is 11.5 Å². The largest absolute Gasteiger partial charge is 0.493 e. The van der Waals surface area contributed by atoms with Crippen molar-refractivity contribution in [3.63, 3.8) is 0 Å². The highest BCUT2D eigenvalue weighted by Crippen LogP contribution is 2.39. The van der Waals surface area contributed by atoms with Gasteiger partial charge in [-0.25, -0.2) is 9.79 Å². The third kappa shape index (κ3) is 6.08. The van der Waals surface area contributed by atoms with E-state index in [9.17, 15) is 9.59 Å². The SMILES string of the molecule is CC[C@H](C)N1C(=O)/C(=C\c2cc(I)c(OCC(=O)O)c(OC)c2)SC1=Nc1ccc(C)cc1. The maximum Gasteiger partial charge on any atom is 0.341 e. The molecule has 0 radical (unpaired) electrons. The number of benzene rings is 2. The Morgan fingerprint density at radius 3 is 2.61 bits per heavy atom. The van der Waals surface area contributed by atoms with Gasteiger partial charge in [0, 0.05) is 6.04 Å². The predicted octanol–water partition coefficient (Wildman–Crippen LogP) is 5.47. The number of carbonyl (C=O) groups excluding carboxylic acids is 1. The fraction of sp³-hybridized carbons (Fsp3) is 0.292. The minimum absolute atomic E-state index is 0.00145. The van der Waals surface area contributed by atoms with Crippen molar-refractivity contribution in [1.29, 1.82) is 0 Å². The topological polar surface area (TPSA) is 88.4 Å². The van der Waals surface area contributed by atoms with Crippen molar-refractivity contribution < 1.29 is 24.2 Å². The summed E-state index contributed by atoms with van der Waals surface area (Å²) >= 11 is 3.40. The van der Waals surface area contributed by atoms with E-state index in [1.165, 1.54) is 18.9 Å². The third-order valence-electron chi connectivity index (χ3n) is 5.02. The van der Waals surface area contributed by atoms with Crippen LogP contribution in [0.3, 0.4) is 0 Å². The van der Waals surface area contributed by atoms with E-state index in [-0.39, 0.29) is 11.9 Å². The number of amidine groups is 1. The highest BCUT2D eigenvalue weighted by atomic mass is 127. The molecule has 1 heterocycles. The van der Waals surface area contributed by atoms with Gasteiger partial charge in [-0.1, -0.05) is 24.6 Å². The molecular weight excluding hydrogens is 555 g/mol. The van der Waals surface area contributed by atoms with E-state index in [2.05, 4.69) is 22.6 Å². The Morgan fingerprint density at radius 2 is 2.00 bits per heavy atom. The molecule has 1 amide bonds. The summed E-state index contributed by atoms with van der Waals surface area (Å²) in [4.78, 5) is 31.2. The van der Waals surface area contributed by atoms with E-state index in [4.69, 9.17) is 19.6 Å². The minimum atomic E-state index is -1.07. The first-order chi connectivity index (χ1) is 15.7. The first kappa shape index (κ1) is 25.1. The summed E-state index contributed by atoms with van der Waals surface area (Å²) in [5.74, 6) is -0.411. The number of nitrogens with zero attached hydrogens (tertiary/aromatic N) is 2. The van der Waals surface area contributed by atoms with Crippen molar-refractivity contribution in [3.05, 3.63) is 56.0 Å². The Labute approximate surface area is 211 Å². The molecule has 9 heteroatoms.